The highest BCUT2D eigenvalue weighted by Crippen LogP contribution is 2.16. The molecule has 1 aromatic rings. The molecule has 1 atom stereocenters. The van der Waals surface area contributed by atoms with Gasteiger partial charge in [0, 0.05) is 0 Å². The zero-order valence-corrected chi connectivity index (χ0v) is 14.3. The molecule has 1 aliphatic rings. The Morgan fingerprint density at radius 3 is 2.08 bits per heavy atom. The minimum atomic E-state index is 0. The van der Waals surface area contributed by atoms with E-state index in [0.717, 1.165) is 6.42 Å². The van der Waals surface area contributed by atoms with Crippen molar-refractivity contribution < 1.29 is 0 Å². The lowest BCUT2D eigenvalue weighted by molar-refractivity contribution is 0.882. The maximum Gasteiger partial charge on any atom is -0.00482 e. The highest BCUT2D eigenvalue weighted by molar-refractivity contribution is 5.49. The molecule has 132 valence electrons. The van der Waals surface area contributed by atoms with Gasteiger partial charge in [0.15, 0.2) is 0 Å². The topological polar surface area (TPSA) is 0 Å². The number of allylic oxidation sites excluding steroid dienone is 9. The van der Waals surface area contributed by atoms with Gasteiger partial charge < -0.3 is 0 Å². The summed E-state index contributed by atoms with van der Waals surface area (Å²) in [5, 5.41) is 0. The Kier molecular flexibility index (Phi) is 14.6. The SMILES string of the molecule is C.C.C/C=C\C=C/CC=Cc1ccc(C)cc1.CC1=CC=CC1C. The molecule has 0 amide bonds. The lowest BCUT2D eigenvalue weighted by atomic mass is 10.1. The van der Waals surface area contributed by atoms with Gasteiger partial charge in [0.1, 0.15) is 0 Å². The molecular formula is C24H36. The zero-order chi connectivity index (χ0) is 16.2. The first-order valence-corrected chi connectivity index (χ1v) is 7.99. The maximum absolute atomic E-state index is 2.20. The largest absolute Gasteiger partial charge is 0.0877 e. The van der Waals surface area contributed by atoms with Gasteiger partial charge >= 0.3 is 0 Å². The number of aryl methyl sites for hydroxylation is 1. The maximum atomic E-state index is 2.20. The van der Waals surface area contributed by atoms with Crippen molar-refractivity contribution in [2.45, 2.75) is 49.0 Å². The predicted molar refractivity (Wildman–Crippen MR) is 114 cm³/mol. The second-order valence-electron chi connectivity index (χ2n) is 5.59. The third kappa shape index (κ3) is 10.6. The first kappa shape index (κ1) is 24.2. The smallest absolute Gasteiger partial charge is 0.00482 e. The van der Waals surface area contributed by atoms with Gasteiger partial charge in [-0.15, -0.1) is 0 Å². The summed E-state index contributed by atoms with van der Waals surface area (Å²) in [7, 11) is 0. The van der Waals surface area contributed by atoms with Gasteiger partial charge in [-0.3, -0.25) is 0 Å². The molecule has 24 heavy (non-hydrogen) atoms. The number of hydrogen-bond donors (Lipinski definition) is 0. The van der Waals surface area contributed by atoms with E-state index in [1.807, 2.05) is 19.1 Å². The van der Waals surface area contributed by atoms with Crippen molar-refractivity contribution in [3.8, 4) is 0 Å². The molecule has 1 unspecified atom stereocenters. The van der Waals surface area contributed by atoms with Crippen LogP contribution in [-0.2, 0) is 0 Å². The fourth-order valence-corrected chi connectivity index (χ4v) is 1.91. The summed E-state index contributed by atoms with van der Waals surface area (Å²) in [5.41, 5.74) is 4.04. The van der Waals surface area contributed by atoms with Crippen molar-refractivity contribution >= 4 is 6.08 Å². The average molecular weight is 325 g/mol. The van der Waals surface area contributed by atoms with Crippen LogP contribution in [0.1, 0.15) is 53.2 Å². The van der Waals surface area contributed by atoms with Crippen LogP contribution in [0.3, 0.4) is 0 Å². The average Bonchev–Trinajstić information content (AvgIpc) is 2.89. The highest BCUT2D eigenvalue weighted by atomic mass is 14.1. The molecule has 0 N–H and O–H groups in total. The predicted octanol–water partition coefficient (Wildman–Crippen LogP) is 7.94. The van der Waals surface area contributed by atoms with Gasteiger partial charge in [-0.25, -0.2) is 0 Å². The second kappa shape index (κ2) is 14.5. The van der Waals surface area contributed by atoms with Crippen LogP contribution in [0, 0.1) is 12.8 Å². The van der Waals surface area contributed by atoms with Gasteiger partial charge in [-0.2, -0.15) is 0 Å². The first-order chi connectivity index (χ1) is 10.6. The van der Waals surface area contributed by atoms with Crippen molar-refractivity contribution in [3.63, 3.8) is 0 Å². The molecule has 1 aliphatic carbocycles. The number of benzene rings is 1. The molecule has 0 aromatic heterocycles. The van der Waals surface area contributed by atoms with E-state index in [4.69, 9.17) is 0 Å². The standard InChI is InChI=1S/C15H18.C7H10.2CH4/c1-3-4-5-6-7-8-9-15-12-10-14(2)11-13-15;1-6-4-3-5-7(6)2;;/h3-6,8-13H,7H2,1-2H3;3-6H,1-2H3;2*1H4/b4-3-,6-5-,9-8?;;;. The first-order valence-electron chi connectivity index (χ1n) is 7.99. The highest BCUT2D eigenvalue weighted by Gasteiger charge is 2.00. The molecule has 0 fully saturated rings. The van der Waals surface area contributed by atoms with E-state index in [0.29, 0.717) is 5.92 Å². The molecule has 1 aromatic carbocycles. The molecule has 0 radical (unpaired) electrons. The van der Waals surface area contributed by atoms with Crippen molar-refractivity contribution in [1.82, 2.24) is 0 Å². The molecule has 0 heteroatoms. The van der Waals surface area contributed by atoms with E-state index >= 15 is 0 Å². The third-order valence-electron chi connectivity index (χ3n) is 3.58. The summed E-state index contributed by atoms with van der Waals surface area (Å²) >= 11 is 0. The molecule has 0 bridgehead atoms. The minimum absolute atomic E-state index is 0. The van der Waals surface area contributed by atoms with Crippen LogP contribution in [0.25, 0.3) is 6.08 Å². The van der Waals surface area contributed by atoms with Gasteiger partial charge in [0.05, 0.1) is 0 Å². The Morgan fingerprint density at radius 1 is 0.958 bits per heavy atom. The molecule has 0 heterocycles. The summed E-state index contributed by atoms with van der Waals surface area (Å²) in [6.45, 7) is 8.49. The summed E-state index contributed by atoms with van der Waals surface area (Å²) in [5.74, 6) is 0.694. The van der Waals surface area contributed by atoms with E-state index in [1.54, 1.807) is 0 Å². The molecule has 0 saturated heterocycles. The summed E-state index contributed by atoms with van der Waals surface area (Å²) < 4.78 is 0. The quantitative estimate of drug-likeness (QED) is 0.493. The molecule has 0 saturated carbocycles. The van der Waals surface area contributed by atoms with Crippen molar-refractivity contribution in [2.24, 2.45) is 5.92 Å². The second-order valence-corrected chi connectivity index (χ2v) is 5.59. The fourth-order valence-electron chi connectivity index (χ4n) is 1.91. The van der Waals surface area contributed by atoms with Gasteiger partial charge in [0.25, 0.3) is 0 Å². The van der Waals surface area contributed by atoms with Crippen molar-refractivity contribution in [3.05, 3.63) is 89.6 Å². The molecule has 0 nitrogen and oxygen atoms in total. The van der Waals surface area contributed by atoms with Crippen LogP contribution in [0.5, 0.6) is 0 Å². The van der Waals surface area contributed by atoms with E-state index < -0.39 is 0 Å². The Hall–Kier alpha value is -2.08. The third-order valence-corrected chi connectivity index (χ3v) is 3.58. The summed E-state index contributed by atoms with van der Waals surface area (Å²) in [6, 6.07) is 8.55. The Balaban J connectivity index is 0. The van der Waals surface area contributed by atoms with Gasteiger partial charge in [-0.1, -0.05) is 112 Å². The Morgan fingerprint density at radius 2 is 1.62 bits per heavy atom. The number of rotatable bonds is 4. The van der Waals surface area contributed by atoms with Crippen LogP contribution in [-0.4, -0.2) is 0 Å². The lowest BCUT2D eigenvalue weighted by Crippen LogP contribution is -1.83. The van der Waals surface area contributed by atoms with Crippen LogP contribution in [0.4, 0.5) is 0 Å². The zero-order valence-electron chi connectivity index (χ0n) is 14.3. The normalized spacial score (nSPS) is 15.8. The number of hydrogen-bond acceptors (Lipinski definition) is 0. The van der Waals surface area contributed by atoms with E-state index in [9.17, 15) is 0 Å². The monoisotopic (exact) mass is 324 g/mol. The van der Waals surface area contributed by atoms with Crippen LogP contribution in [0.2, 0.25) is 0 Å². The van der Waals surface area contributed by atoms with E-state index in [2.05, 4.69) is 87.6 Å². The van der Waals surface area contributed by atoms with Gasteiger partial charge in [-0.05, 0) is 38.7 Å². The summed E-state index contributed by atoms with van der Waals surface area (Å²) in [4.78, 5) is 0. The van der Waals surface area contributed by atoms with Crippen LogP contribution >= 0.6 is 0 Å². The molecular weight excluding hydrogens is 288 g/mol. The Bertz CT molecular complexity index is 563. The molecule has 0 aliphatic heterocycles. The fraction of sp³-hybridized carbons (Fsp3) is 0.333. The summed E-state index contributed by atoms with van der Waals surface area (Å²) in [6.07, 6.45) is 20.1. The van der Waals surface area contributed by atoms with Crippen LogP contribution in [0.15, 0.2) is 78.4 Å². The molecule has 2 rings (SSSR count). The van der Waals surface area contributed by atoms with Crippen LogP contribution < -0.4 is 0 Å². The van der Waals surface area contributed by atoms with E-state index in [-0.39, 0.29) is 14.9 Å². The Labute approximate surface area is 151 Å². The minimum Gasteiger partial charge on any atom is -0.0877 e. The van der Waals surface area contributed by atoms with E-state index in [1.165, 1.54) is 16.7 Å². The molecule has 0 spiro atoms. The van der Waals surface area contributed by atoms with Crippen molar-refractivity contribution in [1.29, 1.82) is 0 Å². The van der Waals surface area contributed by atoms with Crippen molar-refractivity contribution in [2.75, 3.05) is 0 Å². The lowest BCUT2D eigenvalue weighted by Gasteiger charge is -1.96. The van der Waals surface area contributed by atoms with Gasteiger partial charge in [0.2, 0.25) is 0 Å².